The van der Waals surface area contributed by atoms with E-state index in [-0.39, 0.29) is 25.4 Å². The van der Waals surface area contributed by atoms with Gasteiger partial charge < -0.3 is 14.9 Å². The van der Waals surface area contributed by atoms with Crippen LogP contribution in [0.1, 0.15) is 26.7 Å². The van der Waals surface area contributed by atoms with Crippen LogP contribution in [0.15, 0.2) is 0 Å². The molecule has 0 rings (SSSR count). The largest absolute Gasteiger partial charge is 0.468 e. The van der Waals surface area contributed by atoms with Gasteiger partial charge in [0.05, 0.1) is 13.2 Å². The van der Waals surface area contributed by atoms with Gasteiger partial charge in [0.1, 0.15) is 6.10 Å². The Bertz CT molecular complexity index is 212. The van der Waals surface area contributed by atoms with Crippen LogP contribution in [-0.4, -0.2) is 41.8 Å². The summed E-state index contributed by atoms with van der Waals surface area (Å²) in [7, 11) is 0. The molecule has 0 saturated heterocycles. The van der Waals surface area contributed by atoms with Gasteiger partial charge in [-0.25, -0.2) is 0 Å². The molecule has 0 aliphatic carbocycles. The number of carbonyl (C=O) groups is 2. The van der Waals surface area contributed by atoms with Crippen LogP contribution < -0.4 is 0 Å². The molecule has 1 atom stereocenters. The lowest BCUT2D eigenvalue weighted by Crippen LogP contribution is -2.39. The monoisotopic (exact) mass is 218 g/mol. The minimum atomic E-state index is -1.18. The smallest absolute Gasteiger partial charge is 0.293 e. The summed E-state index contributed by atoms with van der Waals surface area (Å²) >= 11 is 0. The van der Waals surface area contributed by atoms with Crippen LogP contribution in [-0.2, 0) is 14.3 Å². The molecule has 5 nitrogen and oxygen atoms in total. The maximum Gasteiger partial charge on any atom is 0.293 e. The first kappa shape index (κ1) is 14.1. The van der Waals surface area contributed by atoms with E-state index in [1.165, 1.54) is 0 Å². The van der Waals surface area contributed by atoms with Crippen molar-refractivity contribution >= 4 is 12.3 Å². The number of hydrogen-bond donors (Lipinski definition) is 2. The number of ether oxygens (including phenoxy) is 1. The van der Waals surface area contributed by atoms with E-state index in [0.29, 0.717) is 12.9 Å². The first-order valence-corrected chi connectivity index (χ1v) is 4.82. The van der Waals surface area contributed by atoms with E-state index < -0.39 is 11.5 Å². The summed E-state index contributed by atoms with van der Waals surface area (Å²) in [6.45, 7) is 3.44. The zero-order valence-electron chi connectivity index (χ0n) is 9.10. The van der Waals surface area contributed by atoms with Gasteiger partial charge in [0.2, 0.25) is 0 Å². The zero-order chi connectivity index (χ0) is 11.9. The fourth-order valence-electron chi connectivity index (χ4n) is 1.04. The molecule has 1 unspecified atom stereocenters. The summed E-state index contributed by atoms with van der Waals surface area (Å²) in [5.41, 5.74) is -0.831. The number of carbonyl (C=O) groups excluding carboxylic acids is 2. The third kappa shape index (κ3) is 4.90. The molecule has 88 valence electrons. The average molecular weight is 218 g/mol. The van der Waals surface area contributed by atoms with Gasteiger partial charge in [-0.2, -0.15) is 0 Å². The Balaban J connectivity index is 3.94. The normalized spacial score (nSPS) is 13.3. The highest BCUT2D eigenvalue weighted by Gasteiger charge is 2.32. The standard InChI is InChI=1S/C10H18O5/c1-10(2,6-11)9(14)8(13)4-3-5-15-7-12/h7,9,11,14H,3-6H2,1-2H3. The Morgan fingerprint density at radius 1 is 1.53 bits per heavy atom. The fourth-order valence-corrected chi connectivity index (χ4v) is 1.04. The molecule has 0 aromatic heterocycles. The first-order chi connectivity index (χ1) is 6.95. The molecule has 0 heterocycles. The second-order valence-electron chi connectivity index (χ2n) is 4.09. The van der Waals surface area contributed by atoms with Crippen molar-refractivity contribution in [1.82, 2.24) is 0 Å². The molecule has 0 aliphatic heterocycles. The van der Waals surface area contributed by atoms with Crippen LogP contribution in [0.4, 0.5) is 0 Å². The Morgan fingerprint density at radius 3 is 2.60 bits per heavy atom. The minimum Gasteiger partial charge on any atom is -0.468 e. The predicted molar refractivity (Wildman–Crippen MR) is 53.1 cm³/mol. The molecular formula is C10H18O5. The van der Waals surface area contributed by atoms with Crippen molar-refractivity contribution in [3.05, 3.63) is 0 Å². The van der Waals surface area contributed by atoms with E-state index in [1.54, 1.807) is 13.8 Å². The van der Waals surface area contributed by atoms with Gasteiger partial charge in [0, 0.05) is 11.8 Å². The van der Waals surface area contributed by atoms with E-state index in [4.69, 9.17) is 5.11 Å². The molecule has 0 radical (unpaired) electrons. The van der Waals surface area contributed by atoms with Crippen LogP contribution in [0.3, 0.4) is 0 Å². The second-order valence-corrected chi connectivity index (χ2v) is 4.09. The van der Waals surface area contributed by atoms with Gasteiger partial charge in [-0.1, -0.05) is 13.8 Å². The Labute approximate surface area is 89.0 Å². The quantitative estimate of drug-likeness (QED) is 0.438. The van der Waals surface area contributed by atoms with Crippen molar-refractivity contribution in [2.45, 2.75) is 32.8 Å². The van der Waals surface area contributed by atoms with Crippen molar-refractivity contribution in [1.29, 1.82) is 0 Å². The van der Waals surface area contributed by atoms with Crippen LogP contribution in [0.25, 0.3) is 0 Å². The molecule has 0 fully saturated rings. The van der Waals surface area contributed by atoms with Gasteiger partial charge in [0.25, 0.3) is 6.47 Å². The number of ketones is 1. The Morgan fingerprint density at radius 2 is 2.13 bits per heavy atom. The highest BCUT2D eigenvalue weighted by Crippen LogP contribution is 2.21. The molecule has 0 bridgehead atoms. The van der Waals surface area contributed by atoms with Gasteiger partial charge >= 0.3 is 0 Å². The highest BCUT2D eigenvalue weighted by atomic mass is 16.5. The van der Waals surface area contributed by atoms with Crippen molar-refractivity contribution in [2.24, 2.45) is 5.41 Å². The highest BCUT2D eigenvalue weighted by molar-refractivity contribution is 5.83. The molecule has 0 saturated carbocycles. The minimum absolute atomic E-state index is 0.137. The van der Waals surface area contributed by atoms with Gasteiger partial charge in [-0.05, 0) is 6.42 Å². The summed E-state index contributed by atoms with van der Waals surface area (Å²) in [4.78, 5) is 21.2. The second kappa shape index (κ2) is 6.53. The fraction of sp³-hybridized carbons (Fsp3) is 0.800. The van der Waals surface area contributed by atoms with Crippen LogP contribution in [0.5, 0.6) is 0 Å². The molecule has 0 aliphatic rings. The van der Waals surface area contributed by atoms with Crippen molar-refractivity contribution in [2.75, 3.05) is 13.2 Å². The first-order valence-electron chi connectivity index (χ1n) is 4.82. The molecule has 0 spiro atoms. The van der Waals surface area contributed by atoms with E-state index in [0.717, 1.165) is 0 Å². The molecular weight excluding hydrogens is 200 g/mol. The molecule has 0 aromatic rings. The number of aliphatic hydroxyl groups is 2. The maximum atomic E-state index is 11.4. The SMILES string of the molecule is CC(C)(CO)C(O)C(=O)CCCOC=O. The van der Waals surface area contributed by atoms with E-state index >= 15 is 0 Å². The number of rotatable bonds is 8. The Kier molecular flexibility index (Phi) is 6.12. The van der Waals surface area contributed by atoms with Gasteiger partial charge in [-0.3, -0.25) is 9.59 Å². The van der Waals surface area contributed by atoms with Crippen molar-refractivity contribution in [3.8, 4) is 0 Å². The number of hydrogen-bond acceptors (Lipinski definition) is 5. The maximum absolute atomic E-state index is 11.4. The summed E-state index contributed by atoms with van der Waals surface area (Å²) in [5, 5.41) is 18.5. The third-order valence-corrected chi connectivity index (χ3v) is 2.21. The number of Topliss-reactive ketones (excluding diaryl/α,β-unsaturated/α-hetero) is 1. The summed E-state index contributed by atoms with van der Waals surface area (Å²) in [6.07, 6.45) is -0.659. The summed E-state index contributed by atoms with van der Waals surface area (Å²) in [6, 6.07) is 0. The zero-order valence-corrected chi connectivity index (χ0v) is 9.10. The van der Waals surface area contributed by atoms with Gasteiger partial charge in [-0.15, -0.1) is 0 Å². The van der Waals surface area contributed by atoms with E-state index in [2.05, 4.69) is 4.74 Å². The molecule has 2 N–H and O–H groups in total. The van der Waals surface area contributed by atoms with Crippen LogP contribution in [0, 0.1) is 5.41 Å². The third-order valence-electron chi connectivity index (χ3n) is 2.21. The molecule has 0 amide bonds. The van der Waals surface area contributed by atoms with Crippen LogP contribution >= 0.6 is 0 Å². The average Bonchev–Trinajstić information content (AvgIpc) is 2.23. The predicted octanol–water partition coefficient (Wildman–Crippen LogP) is -0.112. The molecule has 15 heavy (non-hydrogen) atoms. The topological polar surface area (TPSA) is 83.8 Å². The molecule has 0 aromatic carbocycles. The van der Waals surface area contributed by atoms with E-state index in [9.17, 15) is 14.7 Å². The van der Waals surface area contributed by atoms with E-state index in [1.807, 2.05) is 0 Å². The lowest BCUT2D eigenvalue weighted by Gasteiger charge is -2.26. The lowest BCUT2D eigenvalue weighted by atomic mass is 9.84. The molecule has 5 heteroatoms. The number of aliphatic hydroxyl groups excluding tert-OH is 2. The summed E-state index contributed by atoms with van der Waals surface area (Å²) < 4.78 is 4.41. The summed E-state index contributed by atoms with van der Waals surface area (Å²) in [5.74, 6) is -0.344. The van der Waals surface area contributed by atoms with Crippen molar-refractivity contribution < 1.29 is 24.5 Å². The van der Waals surface area contributed by atoms with Crippen LogP contribution in [0.2, 0.25) is 0 Å². The Hall–Kier alpha value is -0.940. The van der Waals surface area contributed by atoms with Crippen molar-refractivity contribution in [3.63, 3.8) is 0 Å². The lowest BCUT2D eigenvalue weighted by molar-refractivity contribution is -0.136. The van der Waals surface area contributed by atoms with Gasteiger partial charge in [0.15, 0.2) is 5.78 Å².